The number of nitrogens with zero attached hydrogens (tertiary/aromatic N) is 4. The second kappa shape index (κ2) is 9.34. The zero-order valence-electron chi connectivity index (χ0n) is 20.6. The van der Waals surface area contributed by atoms with Crippen molar-refractivity contribution in [1.82, 2.24) is 14.9 Å². The first-order chi connectivity index (χ1) is 16.3. The van der Waals surface area contributed by atoms with E-state index in [9.17, 15) is 0 Å². The lowest BCUT2D eigenvalue weighted by atomic mass is 9.90. The van der Waals surface area contributed by atoms with E-state index < -0.39 is 0 Å². The lowest BCUT2D eigenvalue weighted by Gasteiger charge is -2.43. The average molecular weight is 463 g/mol. The third kappa shape index (κ3) is 5.15. The van der Waals surface area contributed by atoms with Gasteiger partial charge in [-0.2, -0.15) is 0 Å². The maximum atomic E-state index is 8.84. The molecule has 0 aromatic carbocycles. The maximum absolute atomic E-state index is 8.84. The van der Waals surface area contributed by atoms with Crippen LogP contribution < -0.4 is 4.90 Å². The van der Waals surface area contributed by atoms with Gasteiger partial charge in [-0.25, -0.2) is 9.97 Å². The molecule has 1 aromatic rings. The van der Waals surface area contributed by atoms with E-state index in [1.165, 1.54) is 19.3 Å². The molecule has 3 unspecified atom stereocenters. The van der Waals surface area contributed by atoms with Gasteiger partial charge in [0.05, 0.1) is 23.1 Å². The van der Waals surface area contributed by atoms with E-state index in [0.717, 1.165) is 50.6 Å². The molecule has 2 saturated carbocycles. The van der Waals surface area contributed by atoms with Gasteiger partial charge >= 0.3 is 0 Å². The Hall–Kier alpha value is -2.38. The minimum atomic E-state index is -0.0303. The molecule has 182 valence electrons. The van der Waals surface area contributed by atoms with Crippen LogP contribution in [-0.4, -0.2) is 69.7 Å². The van der Waals surface area contributed by atoms with Crippen molar-refractivity contribution in [2.45, 2.75) is 82.6 Å². The Morgan fingerprint density at radius 1 is 1.29 bits per heavy atom. The van der Waals surface area contributed by atoms with Crippen LogP contribution in [0, 0.1) is 16.7 Å². The molecule has 0 radical (unpaired) electrons. The van der Waals surface area contributed by atoms with Crippen molar-refractivity contribution < 1.29 is 4.74 Å². The van der Waals surface area contributed by atoms with Crippen LogP contribution in [0.25, 0.3) is 0 Å². The lowest BCUT2D eigenvalue weighted by molar-refractivity contribution is 0.00220. The lowest BCUT2D eigenvalue weighted by Crippen LogP contribution is -2.55. The fraction of sp³-hybridized carbons (Fsp3) is 0.630. The van der Waals surface area contributed by atoms with Gasteiger partial charge in [0.15, 0.2) is 0 Å². The van der Waals surface area contributed by atoms with Crippen LogP contribution in [0.4, 0.5) is 5.82 Å². The predicted molar refractivity (Wildman–Crippen MR) is 136 cm³/mol. The summed E-state index contributed by atoms with van der Waals surface area (Å²) in [5, 5.41) is 17.3. The quantitative estimate of drug-likeness (QED) is 0.420. The van der Waals surface area contributed by atoms with Crippen molar-refractivity contribution in [3.63, 3.8) is 0 Å². The summed E-state index contributed by atoms with van der Waals surface area (Å²) in [6.45, 7) is 11.3. The van der Waals surface area contributed by atoms with Crippen molar-refractivity contribution in [1.29, 1.82) is 10.8 Å². The molecule has 0 amide bonds. The van der Waals surface area contributed by atoms with Crippen LogP contribution in [0.15, 0.2) is 36.7 Å². The third-order valence-corrected chi connectivity index (χ3v) is 7.92. The maximum Gasteiger partial charge on any atom is 0.132 e. The van der Waals surface area contributed by atoms with Gasteiger partial charge in [-0.05, 0) is 57.9 Å². The summed E-state index contributed by atoms with van der Waals surface area (Å²) in [7, 11) is 0. The van der Waals surface area contributed by atoms with Crippen LogP contribution in [0.3, 0.4) is 0 Å². The molecule has 3 fully saturated rings. The summed E-state index contributed by atoms with van der Waals surface area (Å²) in [4.78, 5) is 13.8. The largest absolute Gasteiger partial charge is 0.368 e. The first-order valence-corrected chi connectivity index (χ1v) is 12.9. The molecule has 1 aliphatic heterocycles. The Labute approximate surface area is 203 Å². The second-order valence-electron chi connectivity index (χ2n) is 10.9. The Bertz CT molecular complexity index is 995. The monoisotopic (exact) mass is 462 g/mol. The molecule has 34 heavy (non-hydrogen) atoms. The zero-order valence-corrected chi connectivity index (χ0v) is 20.6. The minimum absolute atomic E-state index is 0.0178. The minimum Gasteiger partial charge on any atom is -0.368 e. The molecule has 7 heteroatoms. The van der Waals surface area contributed by atoms with Crippen LogP contribution in [0.1, 0.15) is 64.5 Å². The van der Waals surface area contributed by atoms with Gasteiger partial charge < -0.3 is 15.0 Å². The Morgan fingerprint density at radius 2 is 2.09 bits per heavy atom. The van der Waals surface area contributed by atoms with E-state index in [1.807, 2.05) is 12.1 Å². The highest BCUT2D eigenvalue weighted by Gasteiger charge is 2.41. The van der Waals surface area contributed by atoms with Crippen LogP contribution in [0.5, 0.6) is 0 Å². The molecule has 7 nitrogen and oxygen atoms in total. The summed E-state index contributed by atoms with van der Waals surface area (Å²) in [6, 6.07) is 2.77. The Kier molecular flexibility index (Phi) is 6.42. The van der Waals surface area contributed by atoms with Crippen LogP contribution in [-0.2, 0) is 4.74 Å². The van der Waals surface area contributed by atoms with Crippen LogP contribution >= 0.6 is 0 Å². The number of ether oxygens (including phenoxy) is 1. The molecule has 1 saturated heterocycles. The molecule has 5 rings (SSSR count). The molecule has 0 spiro atoms. The number of piperazine rings is 1. The van der Waals surface area contributed by atoms with Crippen molar-refractivity contribution in [2.24, 2.45) is 5.92 Å². The third-order valence-electron chi connectivity index (χ3n) is 7.92. The van der Waals surface area contributed by atoms with Gasteiger partial charge in [0.25, 0.3) is 0 Å². The average Bonchev–Trinajstić information content (AvgIpc) is 3.78. The normalized spacial score (nSPS) is 27.8. The first-order valence-electron chi connectivity index (χ1n) is 12.9. The molecule has 2 heterocycles. The van der Waals surface area contributed by atoms with Crippen molar-refractivity contribution in [3.8, 4) is 0 Å². The highest BCUT2D eigenvalue weighted by Crippen LogP contribution is 2.41. The van der Waals surface area contributed by atoms with E-state index in [0.29, 0.717) is 35.2 Å². The van der Waals surface area contributed by atoms with Gasteiger partial charge in [0.2, 0.25) is 0 Å². The van der Waals surface area contributed by atoms with Crippen molar-refractivity contribution >= 4 is 17.2 Å². The van der Waals surface area contributed by atoms with E-state index in [4.69, 9.17) is 15.6 Å². The van der Waals surface area contributed by atoms with Gasteiger partial charge in [-0.1, -0.05) is 18.9 Å². The number of aromatic nitrogens is 2. The highest BCUT2D eigenvalue weighted by molar-refractivity contribution is 6.28. The summed E-state index contributed by atoms with van der Waals surface area (Å²) in [5.74, 6) is 1.76. The smallest absolute Gasteiger partial charge is 0.132 e. The molecule has 0 bridgehead atoms. The number of anilines is 1. The molecular weight excluding hydrogens is 424 g/mol. The van der Waals surface area contributed by atoms with Crippen molar-refractivity contribution in [2.75, 3.05) is 24.5 Å². The summed E-state index contributed by atoms with van der Waals surface area (Å²) < 4.78 is 6.23. The molecule has 2 N–H and O–H groups in total. The highest BCUT2D eigenvalue weighted by atomic mass is 16.5. The SMILES string of the molecule is C=CC1CN(c2cc(C(=N)C3=CC(OC4(C)CC4)CCC3=N)ncn2)CCN1C(C)CC1CC1. The number of rotatable bonds is 9. The fourth-order valence-corrected chi connectivity index (χ4v) is 5.33. The molecular formula is C27H38N6O. The Morgan fingerprint density at radius 3 is 2.79 bits per heavy atom. The summed E-state index contributed by atoms with van der Waals surface area (Å²) in [5.41, 5.74) is 1.98. The van der Waals surface area contributed by atoms with Gasteiger partial charge in [0, 0.05) is 49.1 Å². The molecule has 1 aromatic heterocycles. The van der Waals surface area contributed by atoms with Crippen molar-refractivity contribution in [3.05, 3.63) is 42.4 Å². The first kappa shape index (κ1) is 23.4. The van der Waals surface area contributed by atoms with Gasteiger partial charge in [0.1, 0.15) is 12.1 Å². The number of hydrogen-bond acceptors (Lipinski definition) is 7. The van der Waals surface area contributed by atoms with E-state index in [-0.39, 0.29) is 17.7 Å². The van der Waals surface area contributed by atoms with Gasteiger partial charge in [-0.3, -0.25) is 10.3 Å². The van der Waals surface area contributed by atoms with E-state index in [1.54, 1.807) is 6.33 Å². The zero-order chi connectivity index (χ0) is 23.9. The van der Waals surface area contributed by atoms with Crippen LogP contribution in [0.2, 0.25) is 0 Å². The number of nitrogens with one attached hydrogen (secondary N) is 2. The predicted octanol–water partition coefficient (Wildman–Crippen LogP) is 4.39. The fourth-order valence-electron chi connectivity index (χ4n) is 5.33. The topological polar surface area (TPSA) is 89.2 Å². The second-order valence-corrected chi connectivity index (χ2v) is 10.9. The molecule has 4 aliphatic rings. The number of allylic oxidation sites excluding steroid dienone is 1. The van der Waals surface area contributed by atoms with E-state index in [2.05, 4.69) is 46.3 Å². The molecule has 3 aliphatic carbocycles. The Balaban J connectivity index is 1.28. The molecule has 3 atom stereocenters. The summed E-state index contributed by atoms with van der Waals surface area (Å²) >= 11 is 0. The van der Waals surface area contributed by atoms with E-state index >= 15 is 0 Å². The standard InChI is InChI=1S/C27H38N6O/c1-4-20-16-32(11-12-33(20)18(2)13-19-5-6-19)25-15-24(30-17-31-25)26(29)22-14-21(7-8-23(22)28)34-27(3)9-10-27/h4,14-15,17-21,28-29H,1,5-13,16H2,2-3H3. The number of hydrogen-bond donors (Lipinski definition) is 2. The van der Waals surface area contributed by atoms with Gasteiger partial charge in [-0.15, -0.1) is 6.58 Å². The summed E-state index contributed by atoms with van der Waals surface area (Å²) in [6.07, 6.45) is 13.2.